The van der Waals surface area contributed by atoms with Crippen molar-refractivity contribution in [3.8, 4) is 5.75 Å². The number of benzene rings is 1. The number of nitrogens with zero attached hydrogens (tertiary/aromatic N) is 3. The van der Waals surface area contributed by atoms with Gasteiger partial charge < -0.3 is 24.5 Å². The van der Waals surface area contributed by atoms with Crippen molar-refractivity contribution in [3.05, 3.63) is 49.6 Å². The summed E-state index contributed by atoms with van der Waals surface area (Å²) in [6.07, 6.45) is 10.3. The Morgan fingerprint density at radius 1 is 1.07 bits per heavy atom. The molecule has 3 heterocycles. The van der Waals surface area contributed by atoms with Crippen LogP contribution >= 0.6 is 27.7 Å². The lowest BCUT2D eigenvalue weighted by molar-refractivity contribution is -0.142. The average molecular weight is 705 g/mol. The highest BCUT2D eigenvalue weighted by Crippen LogP contribution is 2.68. The summed E-state index contributed by atoms with van der Waals surface area (Å²) in [5.74, 6) is -0.658. The summed E-state index contributed by atoms with van der Waals surface area (Å²) in [5, 5.41) is 9.12. The Bertz CT molecular complexity index is 1200. The predicted octanol–water partition coefficient (Wildman–Crippen LogP) is 5.83. The largest absolute Gasteiger partial charge is 0.494 e. The molecule has 1 aromatic rings. The first-order valence-electron chi connectivity index (χ1n) is 16.6. The topological polar surface area (TPSA) is 90.4 Å². The van der Waals surface area contributed by atoms with Gasteiger partial charge >= 0.3 is 0 Å². The van der Waals surface area contributed by atoms with E-state index in [0.717, 1.165) is 56.4 Å². The van der Waals surface area contributed by atoms with E-state index in [1.165, 1.54) is 0 Å². The van der Waals surface area contributed by atoms with Gasteiger partial charge in [-0.2, -0.15) is 0 Å². The van der Waals surface area contributed by atoms with Crippen LogP contribution in [-0.2, 0) is 14.4 Å². The molecule has 1 aromatic carbocycles. The molecule has 4 rings (SSSR count). The van der Waals surface area contributed by atoms with Crippen LogP contribution in [0.4, 0.5) is 5.69 Å². The van der Waals surface area contributed by atoms with Gasteiger partial charge in [0.1, 0.15) is 11.8 Å². The number of hydrogen-bond donors (Lipinski definition) is 1. The predicted molar refractivity (Wildman–Crippen MR) is 186 cm³/mol. The molecule has 3 saturated heterocycles. The summed E-state index contributed by atoms with van der Waals surface area (Å²) in [6.45, 7) is 14.4. The second-order valence-corrected chi connectivity index (χ2v) is 15.0. The number of halogens is 1. The van der Waals surface area contributed by atoms with Crippen molar-refractivity contribution in [1.82, 2.24) is 9.80 Å². The van der Waals surface area contributed by atoms with Gasteiger partial charge in [0, 0.05) is 48.6 Å². The molecule has 3 amide bonds. The number of aliphatic hydroxyl groups excluding tert-OH is 1. The number of likely N-dealkylation sites (tertiary alicyclic amines) is 1. The Kier molecular flexibility index (Phi) is 13.0. The van der Waals surface area contributed by atoms with E-state index in [1.54, 1.807) is 28.8 Å². The molecule has 1 N–H and O–H groups in total. The number of aliphatic hydroxyl groups is 1. The third kappa shape index (κ3) is 7.33. The molecule has 0 aliphatic carbocycles. The van der Waals surface area contributed by atoms with Crippen molar-refractivity contribution in [3.63, 3.8) is 0 Å². The SMILES string of the molecule is C=CCN(CCCCC)C(=O)C1N(CCCCCCO)C(=O)[C@@H]2[C@@H](C(=O)N(CC=C)c3ccc(OCC)cc3)[C@@H]3SC12CC3Br. The van der Waals surface area contributed by atoms with Crippen LogP contribution in [0.25, 0.3) is 0 Å². The lowest BCUT2D eigenvalue weighted by Gasteiger charge is -2.38. The Labute approximate surface area is 281 Å². The van der Waals surface area contributed by atoms with Gasteiger partial charge in [-0.05, 0) is 56.9 Å². The van der Waals surface area contributed by atoms with Gasteiger partial charge in [-0.15, -0.1) is 24.9 Å². The number of thioether (sulfide) groups is 1. The van der Waals surface area contributed by atoms with Crippen molar-refractivity contribution in [1.29, 1.82) is 0 Å². The molecule has 6 atom stereocenters. The van der Waals surface area contributed by atoms with E-state index in [4.69, 9.17) is 4.74 Å². The number of unbranched alkanes of at least 4 members (excludes halogenated alkanes) is 5. The fourth-order valence-electron chi connectivity index (χ4n) is 7.37. The molecule has 0 radical (unpaired) electrons. The van der Waals surface area contributed by atoms with Gasteiger partial charge in [0.25, 0.3) is 0 Å². The molecule has 8 nitrogen and oxygen atoms in total. The van der Waals surface area contributed by atoms with Crippen LogP contribution in [0, 0.1) is 11.8 Å². The molecular weight excluding hydrogens is 654 g/mol. The summed E-state index contributed by atoms with van der Waals surface area (Å²) in [7, 11) is 0. The van der Waals surface area contributed by atoms with Crippen molar-refractivity contribution in [2.75, 3.05) is 44.3 Å². The number of anilines is 1. The maximum atomic E-state index is 14.6. The minimum Gasteiger partial charge on any atom is -0.494 e. The molecular formula is C35H50BrN3O5S. The summed E-state index contributed by atoms with van der Waals surface area (Å²) in [5.41, 5.74) is 0.725. The van der Waals surface area contributed by atoms with Crippen LogP contribution in [0.5, 0.6) is 5.75 Å². The number of carbonyl (C=O) groups excluding carboxylic acids is 3. The Morgan fingerprint density at radius 2 is 1.78 bits per heavy atom. The Balaban J connectivity index is 1.70. The fraction of sp³-hybridized carbons (Fsp3) is 0.629. The fourth-order valence-corrected chi connectivity index (χ4v) is 11.0. The van der Waals surface area contributed by atoms with E-state index in [2.05, 4.69) is 36.0 Å². The van der Waals surface area contributed by atoms with Gasteiger partial charge in [0.2, 0.25) is 17.7 Å². The van der Waals surface area contributed by atoms with Crippen molar-refractivity contribution in [2.45, 2.75) is 86.1 Å². The monoisotopic (exact) mass is 703 g/mol. The van der Waals surface area contributed by atoms with Gasteiger partial charge in [-0.3, -0.25) is 14.4 Å². The third-order valence-corrected chi connectivity index (χ3v) is 12.6. The summed E-state index contributed by atoms with van der Waals surface area (Å²) in [6, 6.07) is 6.82. The zero-order valence-electron chi connectivity index (χ0n) is 26.9. The van der Waals surface area contributed by atoms with Crippen LogP contribution in [0.3, 0.4) is 0 Å². The van der Waals surface area contributed by atoms with E-state index in [1.807, 2.05) is 41.0 Å². The van der Waals surface area contributed by atoms with Crippen molar-refractivity contribution in [2.24, 2.45) is 11.8 Å². The van der Waals surface area contributed by atoms with E-state index < -0.39 is 22.6 Å². The second kappa shape index (κ2) is 16.5. The first-order valence-corrected chi connectivity index (χ1v) is 18.4. The molecule has 2 bridgehead atoms. The molecule has 3 fully saturated rings. The van der Waals surface area contributed by atoms with Gasteiger partial charge in [0.15, 0.2) is 0 Å². The lowest BCUT2D eigenvalue weighted by atomic mass is 9.70. The van der Waals surface area contributed by atoms with E-state index in [-0.39, 0.29) is 34.4 Å². The molecule has 3 aliphatic rings. The van der Waals surface area contributed by atoms with Gasteiger partial charge in [0.05, 0.1) is 23.2 Å². The van der Waals surface area contributed by atoms with Crippen LogP contribution in [0.1, 0.15) is 65.2 Å². The highest BCUT2D eigenvalue weighted by atomic mass is 79.9. The smallest absolute Gasteiger partial charge is 0.247 e. The number of ether oxygens (including phenoxy) is 1. The summed E-state index contributed by atoms with van der Waals surface area (Å²) < 4.78 is 4.92. The quantitative estimate of drug-likeness (QED) is 0.111. The average Bonchev–Trinajstić information content (AvgIpc) is 3.62. The number of rotatable bonds is 19. The third-order valence-electron chi connectivity index (χ3n) is 9.35. The zero-order chi connectivity index (χ0) is 32.6. The van der Waals surface area contributed by atoms with Crippen LogP contribution in [0.15, 0.2) is 49.6 Å². The highest BCUT2D eigenvalue weighted by molar-refractivity contribution is 9.09. The zero-order valence-corrected chi connectivity index (χ0v) is 29.3. The first-order chi connectivity index (χ1) is 21.8. The normalized spacial score (nSPS) is 26.5. The standard InChI is InChI=1S/C35H50BrN3O5S/c1-5-9-12-21-37(19-6-2)34(43)31-35-24-27(36)30(45-35)28(29(35)33(42)39(31)22-13-10-11-14-23-40)32(41)38(20-7-3)25-15-17-26(18-16-25)44-8-4/h6-7,15-18,27-31,40H,2-3,5,8-14,19-24H2,1,4H3/t27?,28-,29+,30-,31?,35?/m1/s1. The van der Waals surface area contributed by atoms with Crippen LogP contribution < -0.4 is 9.64 Å². The lowest BCUT2D eigenvalue weighted by Crippen LogP contribution is -2.56. The molecule has 3 aliphatic heterocycles. The molecule has 3 unspecified atom stereocenters. The van der Waals surface area contributed by atoms with E-state index in [9.17, 15) is 19.5 Å². The van der Waals surface area contributed by atoms with Crippen LogP contribution in [-0.4, -0.2) is 92.9 Å². The van der Waals surface area contributed by atoms with E-state index in [0.29, 0.717) is 39.2 Å². The van der Waals surface area contributed by atoms with Crippen LogP contribution in [0.2, 0.25) is 0 Å². The van der Waals surface area contributed by atoms with Gasteiger partial charge in [-0.1, -0.05) is 60.7 Å². The molecule has 45 heavy (non-hydrogen) atoms. The van der Waals surface area contributed by atoms with Gasteiger partial charge in [-0.25, -0.2) is 0 Å². The number of carbonyl (C=O) groups is 3. The Hall–Kier alpha value is -2.30. The number of alkyl halides is 1. The first kappa shape index (κ1) is 35.6. The maximum Gasteiger partial charge on any atom is 0.247 e. The molecule has 248 valence electrons. The van der Waals surface area contributed by atoms with E-state index >= 15 is 0 Å². The molecule has 1 spiro atoms. The minimum atomic E-state index is -0.693. The minimum absolute atomic E-state index is 0.000777. The number of hydrogen-bond acceptors (Lipinski definition) is 6. The highest BCUT2D eigenvalue weighted by Gasteiger charge is 2.76. The molecule has 10 heteroatoms. The summed E-state index contributed by atoms with van der Waals surface area (Å²) in [4.78, 5) is 49.1. The van der Waals surface area contributed by atoms with Crippen molar-refractivity contribution >= 4 is 51.1 Å². The Morgan fingerprint density at radius 3 is 2.42 bits per heavy atom. The number of fused-ring (bicyclic) bond motifs is 1. The molecule has 0 saturated carbocycles. The number of amides is 3. The maximum absolute atomic E-state index is 14.6. The van der Waals surface area contributed by atoms with Crippen molar-refractivity contribution < 1.29 is 24.2 Å². The summed E-state index contributed by atoms with van der Waals surface area (Å²) >= 11 is 5.58. The molecule has 0 aromatic heterocycles. The second-order valence-electron chi connectivity index (χ2n) is 12.3.